The van der Waals surface area contributed by atoms with Crippen molar-refractivity contribution in [3.8, 4) is 5.82 Å². The molecule has 1 aromatic carbocycles. The molecule has 0 spiro atoms. The standard InChI is InChI=1S/C21H25F2N7O/c22-19(23)20-26-15-3-1-2-4-16(15)30(20)18-11-17(25-13-14-5-6-24-12-14)27-21(28-18)29-7-9-31-10-8-29/h1-4,11,14,19,24H,5-10,12-13H2,(H,25,27,28)/t14-/m0/s1. The van der Waals surface area contributed by atoms with Crippen LogP contribution in [0.1, 0.15) is 18.7 Å². The van der Waals surface area contributed by atoms with Gasteiger partial charge >= 0.3 is 0 Å². The molecule has 2 fully saturated rings. The van der Waals surface area contributed by atoms with Gasteiger partial charge in [-0.1, -0.05) is 12.1 Å². The van der Waals surface area contributed by atoms with Gasteiger partial charge < -0.3 is 20.3 Å². The number of imidazole rings is 1. The third-order valence-electron chi connectivity index (χ3n) is 5.74. The minimum absolute atomic E-state index is 0.321. The van der Waals surface area contributed by atoms with Crippen molar-refractivity contribution in [2.75, 3.05) is 56.2 Å². The summed E-state index contributed by atoms with van der Waals surface area (Å²) >= 11 is 0. The molecule has 2 saturated heterocycles. The maximum atomic E-state index is 13.9. The maximum Gasteiger partial charge on any atom is 0.296 e. The average Bonchev–Trinajstić information content (AvgIpc) is 3.46. The second-order valence-electron chi connectivity index (χ2n) is 7.85. The van der Waals surface area contributed by atoms with Crippen LogP contribution < -0.4 is 15.5 Å². The summed E-state index contributed by atoms with van der Waals surface area (Å²) < 4.78 is 34.6. The minimum Gasteiger partial charge on any atom is -0.378 e. The SMILES string of the molecule is FC(F)c1nc2ccccc2n1-c1cc(NC[C@H]2CCNC2)nc(N2CCOCC2)n1. The summed E-state index contributed by atoms with van der Waals surface area (Å²) in [6.07, 6.45) is -1.63. The van der Waals surface area contributed by atoms with Crippen LogP contribution in [-0.4, -0.2) is 65.5 Å². The summed E-state index contributed by atoms with van der Waals surface area (Å²) in [6, 6.07) is 8.84. The van der Waals surface area contributed by atoms with Crippen molar-refractivity contribution < 1.29 is 13.5 Å². The maximum absolute atomic E-state index is 13.9. The third kappa shape index (κ3) is 4.17. The fraction of sp³-hybridized carbons (Fsp3) is 0.476. The zero-order valence-corrected chi connectivity index (χ0v) is 17.1. The Hall–Kier alpha value is -2.85. The second-order valence-corrected chi connectivity index (χ2v) is 7.85. The van der Waals surface area contributed by atoms with Gasteiger partial charge in [0.25, 0.3) is 6.43 Å². The van der Waals surface area contributed by atoms with Crippen LogP contribution in [0.15, 0.2) is 30.3 Å². The fourth-order valence-corrected chi connectivity index (χ4v) is 4.10. The molecule has 2 N–H and O–H groups in total. The Morgan fingerprint density at radius 2 is 2.00 bits per heavy atom. The molecule has 0 unspecified atom stereocenters. The van der Waals surface area contributed by atoms with E-state index in [4.69, 9.17) is 4.74 Å². The van der Waals surface area contributed by atoms with Gasteiger partial charge in [-0.05, 0) is 37.6 Å². The van der Waals surface area contributed by atoms with Gasteiger partial charge in [0.15, 0.2) is 5.82 Å². The molecule has 0 aliphatic carbocycles. The number of para-hydroxylation sites is 2. The van der Waals surface area contributed by atoms with E-state index in [1.807, 2.05) is 11.0 Å². The highest BCUT2D eigenvalue weighted by Gasteiger charge is 2.23. The van der Waals surface area contributed by atoms with Crippen LogP contribution in [0.5, 0.6) is 0 Å². The van der Waals surface area contributed by atoms with E-state index >= 15 is 0 Å². The number of ether oxygens (including phenoxy) is 1. The molecule has 0 radical (unpaired) electrons. The van der Waals surface area contributed by atoms with Crippen molar-refractivity contribution in [3.05, 3.63) is 36.2 Å². The number of benzene rings is 1. The molecule has 1 atom stereocenters. The van der Waals surface area contributed by atoms with Crippen LogP contribution in [0.3, 0.4) is 0 Å². The largest absolute Gasteiger partial charge is 0.378 e. The van der Waals surface area contributed by atoms with Crippen LogP contribution in [0, 0.1) is 5.92 Å². The Morgan fingerprint density at radius 1 is 1.16 bits per heavy atom. The Morgan fingerprint density at radius 3 is 2.77 bits per heavy atom. The van der Waals surface area contributed by atoms with Crippen molar-refractivity contribution in [1.29, 1.82) is 0 Å². The molecule has 2 aliphatic heterocycles. The topological polar surface area (TPSA) is 80.1 Å². The van der Waals surface area contributed by atoms with Crippen LogP contribution in [0.25, 0.3) is 16.9 Å². The van der Waals surface area contributed by atoms with E-state index in [9.17, 15) is 8.78 Å². The summed E-state index contributed by atoms with van der Waals surface area (Å²) in [7, 11) is 0. The Balaban J connectivity index is 1.57. The number of hydrogen-bond acceptors (Lipinski definition) is 7. The van der Waals surface area contributed by atoms with E-state index in [1.54, 1.807) is 24.3 Å². The van der Waals surface area contributed by atoms with Gasteiger partial charge in [0, 0.05) is 25.7 Å². The second kappa shape index (κ2) is 8.72. The van der Waals surface area contributed by atoms with Crippen LogP contribution in [0.4, 0.5) is 20.5 Å². The van der Waals surface area contributed by atoms with Gasteiger partial charge in [-0.3, -0.25) is 4.57 Å². The van der Waals surface area contributed by atoms with Crippen molar-refractivity contribution in [2.45, 2.75) is 12.8 Å². The number of nitrogens with zero attached hydrogens (tertiary/aromatic N) is 5. The molecule has 2 aliphatic rings. The number of anilines is 2. The molecule has 4 heterocycles. The van der Waals surface area contributed by atoms with Gasteiger partial charge in [-0.2, -0.15) is 9.97 Å². The lowest BCUT2D eigenvalue weighted by Crippen LogP contribution is -2.37. The molecule has 3 aromatic rings. The molecule has 31 heavy (non-hydrogen) atoms. The minimum atomic E-state index is -2.73. The smallest absolute Gasteiger partial charge is 0.296 e. The number of nitrogens with one attached hydrogen (secondary N) is 2. The number of aromatic nitrogens is 4. The van der Waals surface area contributed by atoms with E-state index in [0.717, 1.165) is 26.1 Å². The Kier molecular flexibility index (Phi) is 5.65. The number of rotatable bonds is 6. The lowest BCUT2D eigenvalue weighted by molar-refractivity contribution is 0.122. The monoisotopic (exact) mass is 429 g/mol. The van der Waals surface area contributed by atoms with Crippen LogP contribution in [0.2, 0.25) is 0 Å². The highest BCUT2D eigenvalue weighted by Crippen LogP contribution is 2.29. The number of morpholine rings is 1. The normalized spacial score (nSPS) is 19.5. The summed E-state index contributed by atoms with van der Waals surface area (Å²) in [6.45, 7) is 5.21. The molecule has 0 amide bonds. The molecule has 10 heteroatoms. The van der Waals surface area contributed by atoms with Gasteiger partial charge in [0.05, 0.1) is 24.2 Å². The first-order valence-electron chi connectivity index (χ1n) is 10.6. The quantitative estimate of drug-likeness (QED) is 0.624. The first-order valence-corrected chi connectivity index (χ1v) is 10.6. The van der Waals surface area contributed by atoms with Crippen molar-refractivity contribution >= 4 is 22.8 Å². The number of hydrogen-bond donors (Lipinski definition) is 2. The zero-order chi connectivity index (χ0) is 21.2. The number of alkyl halides is 2. The van der Waals surface area contributed by atoms with E-state index in [2.05, 4.69) is 25.6 Å². The summed E-state index contributed by atoms with van der Waals surface area (Å²) in [5.41, 5.74) is 1.10. The van der Waals surface area contributed by atoms with E-state index in [-0.39, 0.29) is 5.82 Å². The Labute approximate surface area is 178 Å². The summed E-state index contributed by atoms with van der Waals surface area (Å²) in [4.78, 5) is 15.5. The predicted octanol–water partition coefficient (Wildman–Crippen LogP) is 2.61. The van der Waals surface area contributed by atoms with Crippen molar-refractivity contribution in [2.24, 2.45) is 5.92 Å². The molecule has 164 valence electrons. The first-order chi connectivity index (χ1) is 15.2. The lowest BCUT2D eigenvalue weighted by atomic mass is 10.1. The van der Waals surface area contributed by atoms with Gasteiger partial charge in [0.1, 0.15) is 11.6 Å². The first kappa shape index (κ1) is 20.1. The molecule has 2 aromatic heterocycles. The number of halogens is 2. The third-order valence-corrected chi connectivity index (χ3v) is 5.74. The van der Waals surface area contributed by atoms with Crippen LogP contribution >= 0.6 is 0 Å². The lowest BCUT2D eigenvalue weighted by Gasteiger charge is -2.27. The number of fused-ring (bicyclic) bond motifs is 1. The molecule has 5 rings (SSSR count). The average molecular weight is 429 g/mol. The highest BCUT2D eigenvalue weighted by molar-refractivity contribution is 5.78. The van der Waals surface area contributed by atoms with E-state index in [1.165, 1.54) is 4.57 Å². The molecular weight excluding hydrogens is 404 g/mol. The highest BCUT2D eigenvalue weighted by atomic mass is 19.3. The van der Waals surface area contributed by atoms with Crippen molar-refractivity contribution in [3.63, 3.8) is 0 Å². The van der Waals surface area contributed by atoms with Crippen molar-refractivity contribution in [1.82, 2.24) is 24.8 Å². The van der Waals surface area contributed by atoms with Gasteiger partial charge in [0.2, 0.25) is 5.95 Å². The van der Waals surface area contributed by atoms with Gasteiger partial charge in [-0.25, -0.2) is 13.8 Å². The molecular formula is C21H25F2N7O. The molecule has 0 saturated carbocycles. The van der Waals surface area contributed by atoms with Gasteiger partial charge in [-0.15, -0.1) is 0 Å². The zero-order valence-electron chi connectivity index (χ0n) is 17.1. The fourth-order valence-electron chi connectivity index (χ4n) is 4.10. The summed E-state index contributed by atoms with van der Waals surface area (Å²) in [5, 5.41) is 6.75. The van der Waals surface area contributed by atoms with E-state index in [0.29, 0.717) is 60.8 Å². The van der Waals surface area contributed by atoms with E-state index < -0.39 is 6.43 Å². The Bertz CT molecular complexity index is 1050. The summed E-state index contributed by atoms with van der Waals surface area (Å²) in [5.74, 6) is 1.70. The van der Waals surface area contributed by atoms with Crippen LogP contribution in [-0.2, 0) is 4.74 Å². The molecule has 8 nitrogen and oxygen atoms in total. The molecule has 0 bridgehead atoms. The predicted molar refractivity (Wildman–Crippen MR) is 114 cm³/mol.